The lowest BCUT2D eigenvalue weighted by Crippen LogP contribution is -2.45. The highest BCUT2D eigenvalue weighted by atomic mass is 16.5. The van der Waals surface area contributed by atoms with Crippen LogP contribution in [0.15, 0.2) is 36.5 Å². The van der Waals surface area contributed by atoms with E-state index in [1.807, 2.05) is 6.08 Å². The van der Waals surface area contributed by atoms with E-state index in [0.29, 0.717) is 19.4 Å². The van der Waals surface area contributed by atoms with E-state index in [9.17, 15) is 19.8 Å². The van der Waals surface area contributed by atoms with Crippen molar-refractivity contribution in [1.29, 1.82) is 0 Å². The van der Waals surface area contributed by atoms with Crippen LogP contribution in [-0.4, -0.2) is 47.4 Å². The van der Waals surface area contributed by atoms with Gasteiger partial charge in [0.25, 0.3) is 0 Å². The van der Waals surface area contributed by atoms with Crippen molar-refractivity contribution in [3.8, 4) is 0 Å². The third-order valence-corrected chi connectivity index (χ3v) is 15.9. The maximum absolute atomic E-state index is 12.5. The SMILES string of the molecule is CCCCCCCC/C=C\CCCCCCCC(=O)OCCCCCCCCCC/C=C\CCCCCCCCCC(=O)NC(CO)C(O)/C=C/CCCCCCCCCCCCCCCCCCCCCCCCC. The molecule has 76 heavy (non-hydrogen) atoms. The maximum Gasteiger partial charge on any atom is 0.305 e. The first kappa shape index (κ1) is 74.1. The Morgan fingerprint density at radius 2 is 0.618 bits per heavy atom. The van der Waals surface area contributed by atoms with Gasteiger partial charge >= 0.3 is 5.97 Å². The molecule has 0 radical (unpaired) electrons. The fourth-order valence-corrected chi connectivity index (χ4v) is 10.6. The molecular formula is C70H133NO5. The summed E-state index contributed by atoms with van der Waals surface area (Å²) in [6.07, 6.45) is 83.5. The minimum absolute atomic E-state index is 0.00416. The molecule has 6 heteroatoms. The molecule has 0 aromatic rings. The first-order chi connectivity index (χ1) is 37.5. The van der Waals surface area contributed by atoms with E-state index < -0.39 is 12.1 Å². The summed E-state index contributed by atoms with van der Waals surface area (Å²) in [5, 5.41) is 23.3. The largest absolute Gasteiger partial charge is 0.466 e. The third-order valence-electron chi connectivity index (χ3n) is 15.9. The molecule has 3 N–H and O–H groups in total. The Balaban J connectivity index is 3.47. The molecule has 0 aliphatic heterocycles. The number of esters is 1. The molecule has 6 nitrogen and oxygen atoms in total. The van der Waals surface area contributed by atoms with Gasteiger partial charge in [-0.2, -0.15) is 0 Å². The highest BCUT2D eigenvalue weighted by Crippen LogP contribution is 2.18. The first-order valence-corrected chi connectivity index (χ1v) is 34.3. The summed E-state index contributed by atoms with van der Waals surface area (Å²) in [4.78, 5) is 24.6. The van der Waals surface area contributed by atoms with Crippen LogP contribution in [0.25, 0.3) is 0 Å². The Labute approximate surface area is 474 Å². The van der Waals surface area contributed by atoms with Crippen LogP contribution in [-0.2, 0) is 14.3 Å². The number of aliphatic hydroxyl groups is 2. The molecule has 0 aliphatic carbocycles. The Morgan fingerprint density at radius 3 is 0.934 bits per heavy atom. The van der Waals surface area contributed by atoms with E-state index in [1.165, 1.54) is 295 Å². The second-order valence-corrected chi connectivity index (χ2v) is 23.5. The van der Waals surface area contributed by atoms with Crippen LogP contribution in [0.5, 0.6) is 0 Å². The number of hydrogen-bond donors (Lipinski definition) is 3. The number of aliphatic hydroxyl groups excluding tert-OH is 2. The zero-order valence-electron chi connectivity index (χ0n) is 51.3. The molecule has 2 unspecified atom stereocenters. The van der Waals surface area contributed by atoms with Crippen molar-refractivity contribution in [3.05, 3.63) is 36.5 Å². The molecular weight excluding hydrogens is 935 g/mol. The summed E-state index contributed by atoms with van der Waals surface area (Å²) < 4.78 is 5.48. The summed E-state index contributed by atoms with van der Waals surface area (Å²) in [6.45, 7) is 4.91. The lowest BCUT2D eigenvalue weighted by Gasteiger charge is -2.20. The van der Waals surface area contributed by atoms with Crippen molar-refractivity contribution >= 4 is 11.9 Å². The number of nitrogens with one attached hydrogen (secondary N) is 1. The Morgan fingerprint density at radius 1 is 0.355 bits per heavy atom. The van der Waals surface area contributed by atoms with Gasteiger partial charge in [-0.3, -0.25) is 9.59 Å². The molecule has 0 aromatic carbocycles. The molecule has 0 aliphatic rings. The summed E-state index contributed by atoms with van der Waals surface area (Å²) in [5.41, 5.74) is 0. The second kappa shape index (κ2) is 65.6. The zero-order chi connectivity index (χ0) is 55.0. The molecule has 448 valence electrons. The molecule has 0 bridgehead atoms. The van der Waals surface area contributed by atoms with Gasteiger partial charge in [0.2, 0.25) is 5.91 Å². The molecule has 0 heterocycles. The lowest BCUT2D eigenvalue weighted by atomic mass is 10.0. The number of allylic oxidation sites excluding steroid dienone is 5. The van der Waals surface area contributed by atoms with Crippen molar-refractivity contribution in [2.45, 2.75) is 386 Å². The first-order valence-electron chi connectivity index (χ1n) is 34.3. The highest BCUT2D eigenvalue weighted by Gasteiger charge is 2.18. The van der Waals surface area contributed by atoms with Gasteiger partial charge in [0.05, 0.1) is 25.4 Å². The zero-order valence-corrected chi connectivity index (χ0v) is 51.3. The van der Waals surface area contributed by atoms with Gasteiger partial charge < -0.3 is 20.3 Å². The minimum atomic E-state index is -0.853. The normalized spacial score (nSPS) is 12.7. The smallest absolute Gasteiger partial charge is 0.305 e. The highest BCUT2D eigenvalue weighted by molar-refractivity contribution is 5.76. The fraction of sp³-hybridized carbons (Fsp3) is 0.886. The van der Waals surface area contributed by atoms with Gasteiger partial charge in [-0.1, -0.05) is 314 Å². The van der Waals surface area contributed by atoms with Gasteiger partial charge in [-0.25, -0.2) is 0 Å². The van der Waals surface area contributed by atoms with Crippen LogP contribution in [0.4, 0.5) is 0 Å². The molecule has 0 spiro atoms. The fourth-order valence-electron chi connectivity index (χ4n) is 10.6. The van der Waals surface area contributed by atoms with E-state index in [2.05, 4.69) is 43.5 Å². The number of hydrogen-bond acceptors (Lipinski definition) is 5. The van der Waals surface area contributed by atoms with Gasteiger partial charge in [-0.15, -0.1) is 0 Å². The Bertz CT molecular complexity index is 1230. The summed E-state index contributed by atoms with van der Waals surface area (Å²) in [7, 11) is 0. The molecule has 0 saturated carbocycles. The molecule has 1 amide bonds. The van der Waals surface area contributed by atoms with Crippen LogP contribution < -0.4 is 5.32 Å². The number of rotatable bonds is 64. The Kier molecular flexibility index (Phi) is 63.9. The van der Waals surface area contributed by atoms with E-state index in [0.717, 1.165) is 51.4 Å². The molecule has 0 fully saturated rings. The number of amides is 1. The lowest BCUT2D eigenvalue weighted by molar-refractivity contribution is -0.143. The maximum atomic E-state index is 12.5. The van der Waals surface area contributed by atoms with E-state index in [4.69, 9.17) is 4.74 Å². The summed E-state index contributed by atoms with van der Waals surface area (Å²) in [5.74, 6) is -0.0783. The quantitative estimate of drug-likeness (QED) is 0.0320. The summed E-state index contributed by atoms with van der Waals surface area (Å²) in [6, 6.07) is -0.637. The molecule has 2 atom stereocenters. The average Bonchev–Trinajstić information content (AvgIpc) is 3.42. The van der Waals surface area contributed by atoms with E-state index in [-0.39, 0.29) is 18.5 Å². The number of carbonyl (C=O) groups is 2. The topological polar surface area (TPSA) is 95.9 Å². The van der Waals surface area contributed by atoms with Crippen molar-refractivity contribution < 1.29 is 24.5 Å². The number of unbranched alkanes of at least 4 members (excludes halogenated alkanes) is 49. The van der Waals surface area contributed by atoms with Crippen LogP contribution in [0.3, 0.4) is 0 Å². The van der Waals surface area contributed by atoms with Crippen molar-refractivity contribution in [2.24, 2.45) is 0 Å². The summed E-state index contributed by atoms with van der Waals surface area (Å²) >= 11 is 0. The van der Waals surface area contributed by atoms with E-state index >= 15 is 0 Å². The van der Waals surface area contributed by atoms with Crippen LogP contribution in [0.2, 0.25) is 0 Å². The minimum Gasteiger partial charge on any atom is -0.466 e. The van der Waals surface area contributed by atoms with E-state index in [1.54, 1.807) is 6.08 Å². The standard InChI is InChI=1S/C70H133NO5/c1-3-5-7-9-11-13-15-17-19-20-21-22-23-24-25-26-28-31-35-38-42-46-50-54-58-62-68(73)67(66-72)71-69(74)63-59-55-51-47-43-39-36-32-29-27-30-33-37-41-45-49-53-57-61-65-76-70(75)64-60-56-52-48-44-40-34-18-16-14-12-10-8-6-4-2/h18,27,29,34,58,62,67-68,72-73H,3-17,19-26,28,30-33,35-57,59-61,63-66H2,1-2H3,(H,71,74)/b29-27-,34-18-,62-58+. The van der Waals surface area contributed by atoms with Crippen LogP contribution >= 0.6 is 0 Å². The predicted octanol–water partition coefficient (Wildman–Crippen LogP) is 21.9. The van der Waals surface area contributed by atoms with Gasteiger partial charge in [0.1, 0.15) is 0 Å². The average molecular weight is 1070 g/mol. The second-order valence-electron chi connectivity index (χ2n) is 23.5. The van der Waals surface area contributed by atoms with Gasteiger partial charge in [-0.05, 0) is 83.5 Å². The van der Waals surface area contributed by atoms with Gasteiger partial charge in [0, 0.05) is 12.8 Å². The number of ether oxygens (including phenoxy) is 1. The monoisotopic (exact) mass is 1070 g/mol. The van der Waals surface area contributed by atoms with Crippen LogP contribution in [0, 0.1) is 0 Å². The van der Waals surface area contributed by atoms with Gasteiger partial charge in [0.15, 0.2) is 0 Å². The third kappa shape index (κ3) is 61.3. The van der Waals surface area contributed by atoms with Crippen molar-refractivity contribution in [2.75, 3.05) is 13.2 Å². The Hall–Kier alpha value is -1.92. The molecule has 0 saturated heterocycles. The van der Waals surface area contributed by atoms with Crippen LogP contribution in [0.1, 0.15) is 373 Å². The number of carbonyl (C=O) groups excluding carboxylic acids is 2. The van der Waals surface area contributed by atoms with Crippen molar-refractivity contribution in [1.82, 2.24) is 5.32 Å². The molecule has 0 aromatic heterocycles. The van der Waals surface area contributed by atoms with Crippen molar-refractivity contribution in [3.63, 3.8) is 0 Å². The predicted molar refractivity (Wildman–Crippen MR) is 333 cm³/mol. The molecule has 0 rings (SSSR count).